The predicted molar refractivity (Wildman–Crippen MR) is 113 cm³/mol. The van der Waals surface area contributed by atoms with E-state index in [1.54, 1.807) is 13.0 Å². The number of allylic oxidation sites excluding steroid dienone is 2. The summed E-state index contributed by atoms with van der Waals surface area (Å²) >= 11 is 5.99. The van der Waals surface area contributed by atoms with Crippen molar-refractivity contribution in [1.29, 1.82) is 5.26 Å². The van der Waals surface area contributed by atoms with E-state index in [1.165, 1.54) is 0 Å². The van der Waals surface area contributed by atoms with Gasteiger partial charge in [0.2, 0.25) is 6.10 Å². The summed E-state index contributed by atoms with van der Waals surface area (Å²) in [6, 6.07) is 16.9. The van der Waals surface area contributed by atoms with Gasteiger partial charge in [0.15, 0.2) is 0 Å². The summed E-state index contributed by atoms with van der Waals surface area (Å²) in [6.45, 7) is 7.67. The van der Waals surface area contributed by atoms with Gasteiger partial charge in [0.1, 0.15) is 17.6 Å². The van der Waals surface area contributed by atoms with Gasteiger partial charge in [0, 0.05) is 10.6 Å². The van der Waals surface area contributed by atoms with Gasteiger partial charge in [-0.1, -0.05) is 55.8 Å². The number of benzene rings is 2. The quantitative estimate of drug-likeness (QED) is 0.524. The molecule has 0 aliphatic heterocycles. The third kappa shape index (κ3) is 4.63. The molecule has 0 radical (unpaired) electrons. The van der Waals surface area contributed by atoms with Crippen LogP contribution in [0.2, 0.25) is 0 Å². The van der Waals surface area contributed by atoms with Crippen LogP contribution in [0.5, 0.6) is 11.5 Å². The van der Waals surface area contributed by atoms with E-state index in [2.05, 4.69) is 6.07 Å². The first-order valence-corrected chi connectivity index (χ1v) is 9.89. The monoisotopic (exact) mass is 409 g/mol. The fraction of sp³-hybridized carbons (Fsp3) is 0.333. The lowest BCUT2D eigenvalue weighted by Gasteiger charge is -2.16. The second kappa shape index (κ2) is 8.31. The standard InChI is InChI=1S/C24H24ClNO3/c1-15-10-11-18(28-17-8-6-5-7-9-17)13-19(15)21(14-26)29-23(27)22-20(12-16(2)25)24(22,3)4/h5-13,20-22H,1-4H3/b16-12-. The average molecular weight is 410 g/mol. The first-order valence-electron chi connectivity index (χ1n) is 9.51. The van der Waals surface area contributed by atoms with Crippen molar-refractivity contribution in [2.75, 3.05) is 0 Å². The van der Waals surface area contributed by atoms with Crippen molar-refractivity contribution in [3.05, 3.63) is 70.8 Å². The van der Waals surface area contributed by atoms with Crippen LogP contribution in [0.25, 0.3) is 0 Å². The van der Waals surface area contributed by atoms with Gasteiger partial charge in [-0.2, -0.15) is 5.26 Å². The second-order valence-electron chi connectivity index (χ2n) is 7.96. The Balaban J connectivity index is 1.78. The molecule has 4 nitrogen and oxygen atoms in total. The number of hydrogen-bond donors (Lipinski definition) is 0. The van der Waals surface area contributed by atoms with Crippen LogP contribution in [0.15, 0.2) is 59.6 Å². The van der Waals surface area contributed by atoms with Gasteiger partial charge in [0.05, 0.1) is 5.92 Å². The Morgan fingerprint density at radius 3 is 2.52 bits per heavy atom. The molecular formula is C24H24ClNO3. The molecule has 0 aromatic heterocycles. The molecule has 3 atom stereocenters. The van der Waals surface area contributed by atoms with E-state index in [-0.39, 0.29) is 23.2 Å². The molecule has 1 aliphatic rings. The molecule has 0 spiro atoms. The number of nitriles is 1. The van der Waals surface area contributed by atoms with Crippen molar-refractivity contribution in [2.24, 2.45) is 17.3 Å². The van der Waals surface area contributed by atoms with Gasteiger partial charge in [0.25, 0.3) is 0 Å². The van der Waals surface area contributed by atoms with E-state index in [9.17, 15) is 10.1 Å². The lowest BCUT2D eigenvalue weighted by atomic mass is 10.0. The van der Waals surface area contributed by atoms with Gasteiger partial charge in [-0.25, -0.2) is 0 Å². The summed E-state index contributed by atoms with van der Waals surface area (Å²) in [5.74, 6) is 0.600. The van der Waals surface area contributed by atoms with Crippen molar-refractivity contribution in [3.8, 4) is 17.6 Å². The minimum atomic E-state index is -1.00. The van der Waals surface area contributed by atoms with E-state index in [1.807, 2.05) is 69.3 Å². The van der Waals surface area contributed by atoms with Gasteiger partial charge < -0.3 is 9.47 Å². The zero-order valence-corrected chi connectivity index (χ0v) is 17.7. The van der Waals surface area contributed by atoms with Crippen LogP contribution in [0.4, 0.5) is 0 Å². The second-order valence-corrected chi connectivity index (χ2v) is 8.55. The number of aryl methyl sites for hydroxylation is 1. The summed E-state index contributed by atoms with van der Waals surface area (Å²) in [4.78, 5) is 12.8. The number of nitrogens with zero attached hydrogens (tertiary/aromatic N) is 1. The zero-order chi connectivity index (χ0) is 21.2. The Morgan fingerprint density at radius 1 is 1.21 bits per heavy atom. The molecule has 29 heavy (non-hydrogen) atoms. The molecule has 0 heterocycles. The minimum absolute atomic E-state index is 0.0145. The Kier molecular flexibility index (Phi) is 6.00. The van der Waals surface area contributed by atoms with Crippen LogP contribution in [-0.4, -0.2) is 5.97 Å². The highest BCUT2D eigenvalue weighted by Gasteiger charge is 2.61. The number of rotatable bonds is 6. The fourth-order valence-electron chi connectivity index (χ4n) is 3.62. The summed E-state index contributed by atoms with van der Waals surface area (Å²) in [5, 5.41) is 10.3. The Labute approximate surface area is 176 Å². The topological polar surface area (TPSA) is 59.3 Å². The molecular weight excluding hydrogens is 386 g/mol. The Morgan fingerprint density at radius 2 is 1.90 bits per heavy atom. The first-order chi connectivity index (χ1) is 13.7. The molecule has 3 unspecified atom stereocenters. The Bertz CT molecular complexity index is 971. The van der Waals surface area contributed by atoms with Crippen LogP contribution in [0.1, 0.15) is 38.0 Å². The number of para-hydroxylation sites is 1. The molecule has 0 saturated heterocycles. The number of ether oxygens (including phenoxy) is 2. The normalized spacial score (nSPS) is 21.0. The van der Waals surface area contributed by atoms with Crippen molar-refractivity contribution in [1.82, 2.24) is 0 Å². The maximum Gasteiger partial charge on any atom is 0.311 e. The number of carbonyl (C=O) groups is 1. The predicted octanol–water partition coefficient (Wildman–Crippen LogP) is 6.31. The van der Waals surface area contributed by atoms with E-state index in [0.29, 0.717) is 22.1 Å². The summed E-state index contributed by atoms with van der Waals surface area (Å²) < 4.78 is 11.5. The summed E-state index contributed by atoms with van der Waals surface area (Å²) in [5.41, 5.74) is 1.24. The molecule has 3 rings (SSSR count). The molecule has 2 aromatic rings. The highest BCUT2D eigenvalue weighted by Crippen LogP contribution is 2.60. The van der Waals surface area contributed by atoms with Crippen LogP contribution < -0.4 is 4.74 Å². The smallest absolute Gasteiger partial charge is 0.311 e. The highest BCUT2D eigenvalue weighted by molar-refractivity contribution is 6.29. The average Bonchev–Trinajstić information content (AvgIpc) is 3.21. The minimum Gasteiger partial charge on any atom is -0.457 e. The zero-order valence-electron chi connectivity index (χ0n) is 17.0. The summed E-state index contributed by atoms with van der Waals surface area (Å²) in [7, 11) is 0. The lowest BCUT2D eigenvalue weighted by Crippen LogP contribution is -2.15. The van der Waals surface area contributed by atoms with E-state index in [4.69, 9.17) is 21.1 Å². The number of esters is 1. The molecule has 0 bridgehead atoms. The van der Waals surface area contributed by atoms with Gasteiger partial charge >= 0.3 is 5.97 Å². The van der Waals surface area contributed by atoms with Gasteiger partial charge in [-0.15, -0.1) is 0 Å². The molecule has 1 fully saturated rings. The Hall–Kier alpha value is -2.77. The van der Waals surface area contributed by atoms with Crippen LogP contribution in [0.3, 0.4) is 0 Å². The SMILES string of the molecule is C/C(Cl)=C/C1C(C(=O)OC(C#N)c2cc(Oc3ccccc3)ccc2C)C1(C)C. The molecule has 2 aromatic carbocycles. The molecule has 150 valence electrons. The van der Waals surface area contributed by atoms with Crippen LogP contribution in [-0.2, 0) is 9.53 Å². The number of halogens is 1. The number of hydrogen-bond acceptors (Lipinski definition) is 4. The third-order valence-corrected chi connectivity index (χ3v) is 5.56. The molecule has 1 saturated carbocycles. The highest BCUT2D eigenvalue weighted by atomic mass is 35.5. The number of carbonyl (C=O) groups excluding carboxylic acids is 1. The van der Waals surface area contributed by atoms with Gasteiger partial charge in [-0.05, 0) is 55.0 Å². The van der Waals surface area contributed by atoms with E-state index in [0.717, 1.165) is 5.56 Å². The van der Waals surface area contributed by atoms with Crippen molar-refractivity contribution in [3.63, 3.8) is 0 Å². The van der Waals surface area contributed by atoms with E-state index >= 15 is 0 Å². The third-order valence-electron chi connectivity index (χ3n) is 5.44. The first kappa shape index (κ1) is 21.0. The van der Waals surface area contributed by atoms with E-state index < -0.39 is 6.10 Å². The maximum absolute atomic E-state index is 12.8. The molecule has 0 amide bonds. The lowest BCUT2D eigenvalue weighted by molar-refractivity contribution is -0.149. The van der Waals surface area contributed by atoms with Crippen LogP contribution in [0, 0.1) is 35.5 Å². The molecule has 0 N–H and O–H groups in total. The largest absolute Gasteiger partial charge is 0.457 e. The maximum atomic E-state index is 12.8. The molecule has 1 aliphatic carbocycles. The molecule has 5 heteroatoms. The van der Waals surface area contributed by atoms with Crippen molar-refractivity contribution < 1.29 is 14.3 Å². The fourth-order valence-corrected chi connectivity index (χ4v) is 3.76. The summed E-state index contributed by atoms with van der Waals surface area (Å²) in [6.07, 6.45) is 0.883. The van der Waals surface area contributed by atoms with Gasteiger partial charge in [-0.3, -0.25) is 4.79 Å². The van der Waals surface area contributed by atoms with Crippen molar-refractivity contribution >= 4 is 17.6 Å². The van der Waals surface area contributed by atoms with Crippen molar-refractivity contribution in [2.45, 2.75) is 33.8 Å². The van der Waals surface area contributed by atoms with Crippen LogP contribution >= 0.6 is 11.6 Å².